The number of fused-ring (bicyclic) bond motifs is 1. The second-order valence-electron chi connectivity index (χ2n) is 12.9. The number of piperazine rings is 1. The average molecular weight is 658 g/mol. The third-order valence-corrected chi connectivity index (χ3v) is 9.39. The second kappa shape index (κ2) is 11.7. The molecule has 0 radical (unpaired) electrons. The molecule has 0 atom stereocenters. The third kappa shape index (κ3) is 5.67. The molecule has 248 valence electrons. The lowest BCUT2D eigenvalue weighted by Crippen LogP contribution is -2.46. The van der Waals surface area contributed by atoms with Crippen LogP contribution >= 0.6 is 0 Å². The number of alkyl halides is 3. The normalized spacial score (nSPS) is 17.3. The number of likely N-dealkylation sites (N-methyl/N-ethyl adjacent to an activating group) is 1. The van der Waals surface area contributed by atoms with Gasteiger partial charge in [0.2, 0.25) is 5.88 Å². The van der Waals surface area contributed by atoms with E-state index >= 15 is 0 Å². The van der Waals surface area contributed by atoms with Crippen LogP contribution in [0.3, 0.4) is 0 Å². The maximum atomic E-state index is 14.3. The Balaban J connectivity index is 1.21. The van der Waals surface area contributed by atoms with E-state index < -0.39 is 11.9 Å². The van der Waals surface area contributed by atoms with Crippen molar-refractivity contribution in [2.75, 3.05) is 45.2 Å². The molecule has 4 aromatic heterocycles. The second-order valence-corrected chi connectivity index (χ2v) is 12.9. The van der Waals surface area contributed by atoms with E-state index in [1.165, 1.54) is 6.33 Å². The van der Waals surface area contributed by atoms with Gasteiger partial charge in [-0.2, -0.15) is 13.2 Å². The molecule has 1 aromatic carbocycles. The summed E-state index contributed by atoms with van der Waals surface area (Å²) in [7, 11) is 3.61. The van der Waals surface area contributed by atoms with Crippen molar-refractivity contribution in [1.29, 1.82) is 0 Å². The zero-order valence-electron chi connectivity index (χ0n) is 26.6. The van der Waals surface area contributed by atoms with Crippen molar-refractivity contribution < 1.29 is 17.9 Å². The number of pyridine rings is 1. The lowest BCUT2D eigenvalue weighted by Gasteiger charge is -2.33. The van der Waals surface area contributed by atoms with Crippen molar-refractivity contribution in [3.8, 4) is 28.7 Å². The highest BCUT2D eigenvalue weighted by Gasteiger charge is 2.37. The fourth-order valence-electron chi connectivity index (χ4n) is 6.41. The van der Waals surface area contributed by atoms with Crippen LogP contribution in [0.15, 0.2) is 53.8 Å². The molecular formula is C34H34F3N9O2. The number of hydrogen-bond acceptors (Lipinski definition) is 9. The predicted octanol–water partition coefficient (Wildman–Crippen LogP) is 5.15. The van der Waals surface area contributed by atoms with Gasteiger partial charge in [-0.1, -0.05) is 24.3 Å². The Bertz CT molecular complexity index is 2060. The molecule has 11 nitrogen and oxygen atoms in total. The lowest BCUT2D eigenvalue weighted by atomic mass is 10.1. The molecule has 3 aliphatic rings. The van der Waals surface area contributed by atoms with Gasteiger partial charge in [0.05, 0.1) is 19.3 Å². The number of aromatic nitrogens is 7. The predicted molar refractivity (Wildman–Crippen MR) is 173 cm³/mol. The number of rotatable bonds is 8. The van der Waals surface area contributed by atoms with Crippen LogP contribution in [0.4, 0.5) is 18.9 Å². The summed E-state index contributed by atoms with van der Waals surface area (Å²) in [4.78, 5) is 41.1. The van der Waals surface area contributed by atoms with Crippen molar-refractivity contribution in [3.05, 3.63) is 76.4 Å². The minimum absolute atomic E-state index is 0.0217. The Labute approximate surface area is 274 Å². The van der Waals surface area contributed by atoms with Crippen molar-refractivity contribution >= 4 is 16.7 Å². The molecule has 14 heteroatoms. The number of benzene rings is 1. The van der Waals surface area contributed by atoms with Crippen LogP contribution < -0.4 is 15.2 Å². The molecule has 48 heavy (non-hydrogen) atoms. The number of hydrogen-bond donors (Lipinski definition) is 0. The van der Waals surface area contributed by atoms with Gasteiger partial charge in [-0.25, -0.2) is 24.9 Å². The van der Waals surface area contributed by atoms with Gasteiger partial charge < -0.3 is 19.1 Å². The van der Waals surface area contributed by atoms with E-state index in [9.17, 15) is 18.0 Å². The maximum absolute atomic E-state index is 14.3. The van der Waals surface area contributed by atoms with E-state index in [-0.39, 0.29) is 24.1 Å². The summed E-state index contributed by atoms with van der Waals surface area (Å²) in [6.45, 7) is 3.28. The average Bonchev–Trinajstić information content (AvgIpc) is 4.04. The molecular weight excluding hydrogens is 623 g/mol. The van der Waals surface area contributed by atoms with Crippen LogP contribution in [0.25, 0.3) is 33.8 Å². The third-order valence-electron chi connectivity index (χ3n) is 9.39. The standard InChI is InChI=1S/C34H34F3N9O2/c1-43-11-13-44(14-12-43)25-15-23-16-38-29(27-28(21-7-8-21)39-19-40-32(27)48-2)42-31(23)46(33(25)47)17-20-3-5-22(6-4-20)30-41-26(34(35,36)37)18-45(30)24-9-10-24/h3-6,15-16,18-19,21,24H,7-14,17H2,1-2H3. The van der Waals surface area contributed by atoms with Crippen LogP contribution in [0.5, 0.6) is 5.88 Å². The molecule has 0 unspecified atom stereocenters. The first-order valence-electron chi connectivity index (χ1n) is 16.2. The summed E-state index contributed by atoms with van der Waals surface area (Å²) in [5, 5.41) is 0.707. The van der Waals surface area contributed by atoms with Crippen LogP contribution in [-0.4, -0.2) is 79.3 Å². The summed E-state index contributed by atoms with van der Waals surface area (Å²) in [6, 6.07) is 9.08. The quantitative estimate of drug-likeness (QED) is 0.224. The van der Waals surface area contributed by atoms with E-state index in [1.54, 1.807) is 34.6 Å². The highest BCUT2D eigenvalue weighted by molar-refractivity contribution is 5.81. The zero-order valence-corrected chi connectivity index (χ0v) is 26.6. The van der Waals surface area contributed by atoms with Gasteiger partial charge in [0.1, 0.15) is 29.0 Å². The van der Waals surface area contributed by atoms with Gasteiger partial charge in [-0.15, -0.1) is 0 Å². The van der Waals surface area contributed by atoms with Crippen LogP contribution in [-0.2, 0) is 12.7 Å². The number of anilines is 1. The first-order valence-corrected chi connectivity index (χ1v) is 16.2. The number of nitrogens with zero attached hydrogens (tertiary/aromatic N) is 9. The maximum Gasteiger partial charge on any atom is 0.434 e. The summed E-state index contributed by atoms with van der Waals surface area (Å²) >= 11 is 0. The van der Waals surface area contributed by atoms with Crippen molar-refractivity contribution in [1.82, 2.24) is 39.0 Å². The van der Waals surface area contributed by atoms with Gasteiger partial charge in [-0.05, 0) is 44.4 Å². The van der Waals surface area contributed by atoms with Crippen LogP contribution in [0, 0.1) is 0 Å². The molecule has 5 aromatic rings. The van der Waals surface area contributed by atoms with Crippen molar-refractivity contribution in [2.24, 2.45) is 0 Å². The topological polar surface area (TPSA) is 107 Å². The van der Waals surface area contributed by atoms with Gasteiger partial charge in [0.25, 0.3) is 5.56 Å². The fraction of sp³-hybridized carbons (Fsp3) is 0.412. The molecule has 1 saturated heterocycles. The van der Waals surface area contributed by atoms with Crippen molar-refractivity contribution in [3.63, 3.8) is 0 Å². The van der Waals surface area contributed by atoms with Crippen molar-refractivity contribution in [2.45, 2.75) is 50.4 Å². The van der Waals surface area contributed by atoms with Crippen LogP contribution in [0.2, 0.25) is 0 Å². The lowest BCUT2D eigenvalue weighted by molar-refractivity contribution is -0.140. The van der Waals surface area contributed by atoms with E-state index in [0.29, 0.717) is 58.5 Å². The zero-order chi connectivity index (χ0) is 33.2. The minimum Gasteiger partial charge on any atom is -0.480 e. The van der Waals surface area contributed by atoms with E-state index in [2.05, 4.69) is 31.8 Å². The first-order chi connectivity index (χ1) is 23.2. The largest absolute Gasteiger partial charge is 0.480 e. The highest BCUT2D eigenvalue weighted by atomic mass is 19.4. The van der Waals surface area contributed by atoms with Gasteiger partial charge in [0.15, 0.2) is 11.5 Å². The Kier molecular flexibility index (Phi) is 7.42. The van der Waals surface area contributed by atoms with E-state index in [0.717, 1.165) is 56.2 Å². The monoisotopic (exact) mass is 657 g/mol. The van der Waals surface area contributed by atoms with E-state index in [4.69, 9.17) is 14.7 Å². The first kappa shape index (κ1) is 30.5. The highest BCUT2D eigenvalue weighted by Crippen LogP contribution is 2.45. The van der Waals surface area contributed by atoms with Gasteiger partial charge in [0, 0.05) is 61.5 Å². The molecule has 5 heterocycles. The van der Waals surface area contributed by atoms with Gasteiger partial charge >= 0.3 is 6.18 Å². The minimum atomic E-state index is -4.53. The summed E-state index contributed by atoms with van der Waals surface area (Å²) in [5.41, 5.74) is 2.79. The Hall–Kier alpha value is -4.85. The van der Waals surface area contributed by atoms with Crippen LogP contribution in [0.1, 0.15) is 54.6 Å². The molecule has 0 spiro atoms. The number of halogens is 3. The molecule has 0 N–H and O–H groups in total. The molecule has 0 bridgehead atoms. The summed E-state index contributed by atoms with van der Waals surface area (Å²) in [6.07, 6.45) is 3.46. The molecule has 8 rings (SSSR count). The molecule has 3 fully saturated rings. The van der Waals surface area contributed by atoms with Gasteiger partial charge in [-0.3, -0.25) is 9.36 Å². The van der Waals surface area contributed by atoms with E-state index in [1.807, 2.05) is 18.2 Å². The Morgan fingerprint density at radius 2 is 1.71 bits per heavy atom. The Morgan fingerprint density at radius 3 is 2.38 bits per heavy atom. The molecule has 1 aliphatic heterocycles. The molecule has 2 saturated carbocycles. The number of methoxy groups -OCH3 is 1. The smallest absolute Gasteiger partial charge is 0.434 e. The Morgan fingerprint density at radius 1 is 0.958 bits per heavy atom. The molecule has 0 amide bonds. The SMILES string of the molecule is COc1ncnc(C2CC2)c1-c1ncc2cc(N3CCN(C)CC3)c(=O)n(Cc3ccc(-c4nc(C(F)(F)F)cn4C4CC4)cc3)c2n1. The fourth-order valence-corrected chi connectivity index (χ4v) is 6.41. The summed E-state index contributed by atoms with van der Waals surface area (Å²) < 4.78 is 49.5. The summed E-state index contributed by atoms with van der Waals surface area (Å²) in [5.74, 6) is 1.33. The number of imidazole rings is 1. The number of ether oxygens (including phenoxy) is 1. The molecule has 2 aliphatic carbocycles.